The van der Waals surface area contributed by atoms with Crippen LogP contribution in [-0.2, 0) is 10.3 Å². The number of hydrogen-bond acceptors (Lipinski definition) is 7. The van der Waals surface area contributed by atoms with Crippen molar-refractivity contribution in [3.8, 4) is 6.07 Å². The van der Waals surface area contributed by atoms with E-state index in [1.165, 1.54) is 10.8 Å². The standard InChI is InChI=1S/C19H17N5O4/c20-10-19(16(26)8-13(9-25)28-19)15-7-6-14-17(21-11-22-24(14)15)23-18(27)12-4-2-1-3-5-12/h1-7,11,13,16,25-26H,8-9H2,(H,21,22,23,27)/t13-,16+,19-/m0/s1. The lowest BCUT2D eigenvalue weighted by atomic mass is 9.94. The van der Waals surface area contributed by atoms with E-state index in [4.69, 9.17) is 4.74 Å². The minimum atomic E-state index is -1.67. The van der Waals surface area contributed by atoms with Crippen LogP contribution in [0.2, 0.25) is 0 Å². The quantitative estimate of drug-likeness (QED) is 0.612. The highest BCUT2D eigenvalue weighted by molar-refractivity contribution is 6.05. The number of nitrogens with one attached hydrogen (secondary N) is 1. The number of anilines is 1. The molecule has 28 heavy (non-hydrogen) atoms. The van der Waals surface area contributed by atoms with E-state index in [1.54, 1.807) is 36.4 Å². The Bertz CT molecular complexity index is 1060. The number of amides is 1. The molecule has 1 fully saturated rings. The summed E-state index contributed by atoms with van der Waals surface area (Å²) in [4.78, 5) is 16.6. The molecule has 9 heteroatoms. The zero-order chi connectivity index (χ0) is 19.7. The van der Waals surface area contributed by atoms with Crippen molar-refractivity contribution in [3.63, 3.8) is 0 Å². The number of aliphatic hydroxyl groups excluding tert-OH is 2. The van der Waals surface area contributed by atoms with E-state index in [9.17, 15) is 20.3 Å². The number of nitriles is 1. The number of hydrogen-bond donors (Lipinski definition) is 3. The van der Waals surface area contributed by atoms with E-state index in [-0.39, 0.29) is 24.8 Å². The minimum Gasteiger partial charge on any atom is -0.394 e. The first kappa shape index (κ1) is 18.1. The summed E-state index contributed by atoms with van der Waals surface area (Å²) in [6.45, 7) is -0.308. The van der Waals surface area contributed by atoms with Crippen LogP contribution in [-0.4, -0.2) is 49.5 Å². The van der Waals surface area contributed by atoms with Crippen LogP contribution in [0.5, 0.6) is 0 Å². The molecule has 0 unspecified atom stereocenters. The van der Waals surface area contributed by atoms with Crippen LogP contribution in [0.15, 0.2) is 48.8 Å². The fraction of sp³-hybridized carbons (Fsp3) is 0.263. The minimum absolute atomic E-state index is 0.125. The Labute approximate surface area is 159 Å². The molecule has 1 aromatic carbocycles. The fourth-order valence-corrected chi connectivity index (χ4v) is 3.39. The number of aromatic nitrogens is 3. The monoisotopic (exact) mass is 379 g/mol. The topological polar surface area (TPSA) is 133 Å². The van der Waals surface area contributed by atoms with Crippen molar-refractivity contribution in [1.82, 2.24) is 14.6 Å². The molecule has 142 valence electrons. The molecule has 1 amide bonds. The van der Waals surface area contributed by atoms with E-state index in [2.05, 4.69) is 15.4 Å². The highest BCUT2D eigenvalue weighted by Gasteiger charge is 2.52. The number of rotatable bonds is 4. The summed E-state index contributed by atoms with van der Waals surface area (Å²) >= 11 is 0. The summed E-state index contributed by atoms with van der Waals surface area (Å²) in [6.07, 6.45) is -0.420. The molecule has 9 nitrogen and oxygen atoms in total. The summed E-state index contributed by atoms with van der Waals surface area (Å²) < 4.78 is 7.08. The Kier molecular flexibility index (Phi) is 4.52. The lowest BCUT2D eigenvalue weighted by molar-refractivity contribution is -0.0630. The smallest absolute Gasteiger partial charge is 0.256 e. The maximum absolute atomic E-state index is 12.4. The van der Waals surface area contributed by atoms with Crippen molar-refractivity contribution in [2.24, 2.45) is 0 Å². The number of carbonyl (C=O) groups excluding carboxylic acids is 1. The third-order valence-corrected chi connectivity index (χ3v) is 4.78. The molecule has 3 heterocycles. The molecule has 0 saturated carbocycles. The Hall–Kier alpha value is -3.32. The van der Waals surface area contributed by atoms with E-state index in [0.717, 1.165) is 0 Å². The van der Waals surface area contributed by atoms with Crippen molar-refractivity contribution in [2.45, 2.75) is 24.2 Å². The zero-order valence-electron chi connectivity index (χ0n) is 14.7. The average Bonchev–Trinajstić information content (AvgIpc) is 3.30. The number of ether oxygens (including phenoxy) is 1. The Morgan fingerprint density at radius 3 is 2.82 bits per heavy atom. The lowest BCUT2D eigenvalue weighted by Crippen LogP contribution is -2.36. The van der Waals surface area contributed by atoms with Gasteiger partial charge in [-0.1, -0.05) is 18.2 Å². The van der Waals surface area contributed by atoms with Crippen molar-refractivity contribution in [2.75, 3.05) is 11.9 Å². The predicted molar refractivity (Wildman–Crippen MR) is 97.3 cm³/mol. The summed E-state index contributed by atoms with van der Waals surface area (Å²) in [5, 5.41) is 36.4. The first-order valence-electron chi connectivity index (χ1n) is 8.66. The summed E-state index contributed by atoms with van der Waals surface area (Å²) in [6, 6.07) is 13.9. The second kappa shape index (κ2) is 7.01. The zero-order valence-corrected chi connectivity index (χ0v) is 14.7. The second-order valence-corrected chi connectivity index (χ2v) is 6.47. The average molecular weight is 379 g/mol. The predicted octanol–water partition coefficient (Wildman–Crippen LogP) is 0.843. The molecular formula is C19H17N5O4. The molecule has 1 aliphatic heterocycles. The van der Waals surface area contributed by atoms with Gasteiger partial charge in [0.1, 0.15) is 24.0 Å². The SMILES string of the molecule is N#C[C@@]1(c2ccc3c(NC(=O)c4ccccc4)ncnn23)O[C@H](CO)C[C@H]1O. The van der Waals surface area contributed by atoms with Gasteiger partial charge in [-0.05, 0) is 24.3 Å². The first-order valence-corrected chi connectivity index (χ1v) is 8.66. The Balaban J connectivity index is 1.73. The van der Waals surface area contributed by atoms with Crippen molar-refractivity contribution < 1.29 is 19.7 Å². The molecular weight excluding hydrogens is 362 g/mol. The fourth-order valence-electron chi connectivity index (χ4n) is 3.39. The molecule has 0 aliphatic carbocycles. The van der Waals surface area contributed by atoms with Gasteiger partial charge in [0.2, 0.25) is 5.60 Å². The van der Waals surface area contributed by atoms with E-state index in [1.807, 2.05) is 12.1 Å². The third-order valence-electron chi connectivity index (χ3n) is 4.78. The number of benzene rings is 1. The number of nitrogens with zero attached hydrogens (tertiary/aromatic N) is 4. The molecule has 0 radical (unpaired) electrons. The van der Waals surface area contributed by atoms with E-state index in [0.29, 0.717) is 16.8 Å². The van der Waals surface area contributed by atoms with Crippen LogP contribution >= 0.6 is 0 Å². The van der Waals surface area contributed by atoms with Crippen molar-refractivity contribution >= 4 is 17.2 Å². The summed E-state index contributed by atoms with van der Waals surface area (Å²) in [7, 11) is 0. The van der Waals surface area contributed by atoms with Gasteiger partial charge in [-0.3, -0.25) is 4.79 Å². The molecule has 0 spiro atoms. The molecule has 3 aromatic rings. The first-order chi connectivity index (χ1) is 13.6. The van der Waals surface area contributed by atoms with Crippen molar-refractivity contribution in [3.05, 3.63) is 60.0 Å². The van der Waals surface area contributed by atoms with Crippen molar-refractivity contribution in [1.29, 1.82) is 5.26 Å². The Morgan fingerprint density at radius 1 is 1.36 bits per heavy atom. The molecule has 3 atom stereocenters. The normalized spacial score (nSPS) is 24.2. The van der Waals surface area contributed by atoms with Crippen LogP contribution in [0, 0.1) is 11.3 Å². The van der Waals surface area contributed by atoms with Crippen LogP contribution in [0.25, 0.3) is 5.52 Å². The molecule has 1 aliphatic rings. The largest absolute Gasteiger partial charge is 0.394 e. The summed E-state index contributed by atoms with van der Waals surface area (Å²) in [5.41, 5.74) is -0.458. The lowest BCUT2D eigenvalue weighted by Gasteiger charge is -2.24. The molecule has 2 aromatic heterocycles. The number of carbonyl (C=O) groups is 1. The maximum atomic E-state index is 12.4. The van der Waals surface area contributed by atoms with Gasteiger partial charge < -0.3 is 20.3 Å². The maximum Gasteiger partial charge on any atom is 0.256 e. The number of fused-ring (bicyclic) bond motifs is 1. The van der Waals surface area contributed by atoms with Gasteiger partial charge in [0, 0.05) is 12.0 Å². The molecule has 4 rings (SSSR count). The van der Waals surface area contributed by atoms with Gasteiger partial charge in [-0.2, -0.15) is 10.4 Å². The van der Waals surface area contributed by atoms with Gasteiger partial charge in [-0.15, -0.1) is 0 Å². The van der Waals surface area contributed by atoms with Gasteiger partial charge in [0.15, 0.2) is 5.82 Å². The van der Waals surface area contributed by atoms with Gasteiger partial charge >= 0.3 is 0 Å². The molecule has 3 N–H and O–H groups in total. The van der Waals surface area contributed by atoms with Crippen LogP contribution in [0.1, 0.15) is 22.5 Å². The van der Waals surface area contributed by atoms with E-state index >= 15 is 0 Å². The van der Waals surface area contributed by atoms with E-state index < -0.39 is 17.8 Å². The van der Waals surface area contributed by atoms with Gasteiger partial charge in [-0.25, -0.2) is 9.50 Å². The van der Waals surface area contributed by atoms with Gasteiger partial charge in [0.25, 0.3) is 5.91 Å². The van der Waals surface area contributed by atoms with Crippen LogP contribution < -0.4 is 5.32 Å². The Morgan fingerprint density at radius 2 is 2.14 bits per heavy atom. The van der Waals surface area contributed by atoms with Gasteiger partial charge in [0.05, 0.1) is 18.4 Å². The highest BCUT2D eigenvalue weighted by atomic mass is 16.5. The van der Waals surface area contributed by atoms with Crippen LogP contribution in [0.3, 0.4) is 0 Å². The summed E-state index contributed by atoms with van der Waals surface area (Å²) in [5.74, 6) is -0.0779. The highest BCUT2D eigenvalue weighted by Crippen LogP contribution is 2.40. The second-order valence-electron chi connectivity index (χ2n) is 6.47. The number of aliphatic hydroxyl groups is 2. The third kappa shape index (κ3) is 2.80. The molecule has 0 bridgehead atoms. The molecule has 1 saturated heterocycles. The van der Waals surface area contributed by atoms with Crippen LogP contribution in [0.4, 0.5) is 5.82 Å².